The molecule has 0 atom stereocenters. The average molecular weight is 403 g/mol. The zero-order valence-electron chi connectivity index (χ0n) is 13.2. The first-order valence-electron chi connectivity index (χ1n) is 7.25. The highest BCUT2D eigenvalue weighted by Crippen LogP contribution is 2.29. The van der Waals surface area contributed by atoms with Crippen LogP contribution in [0.4, 0.5) is 16.5 Å². The van der Waals surface area contributed by atoms with E-state index in [4.69, 9.17) is 12.2 Å². The number of nitrogens with one attached hydrogen (secondary N) is 2. The van der Waals surface area contributed by atoms with Crippen LogP contribution in [0.5, 0.6) is 0 Å². The van der Waals surface area contributed by atoms with Gasteiger partial charge in [-0.2, -0.15) is 0 Å². The van der Waals surface area contributed by atoms with E-state index in [2.05, 4.69) is 15.6 Å². The number of carbonyl (C=O) groups is 1. The largest absolute Gasteiger partial charge is 0.308 e. The summed E-state index contributed by atoms with van der Waals surface area (Å²) in [7, 11) is 0. The van der Waals surface area contributed by atoms with Crippen LogP contribution in [0.2, 0.25) is 0 Å². The maximum absolute atomic E-state index is 12.2. The third kappa shape index (κ3) is 4.19. The van der Waals surface area contributed by atoms with Crippen molar-refractivity contribution in [3.63, 3.8) is 0 Å². The minimum absolute atomic E-state index is 0.0555. The fraction of sp³-hybridized carbons (Fsp3) is 0. The molecule has 1 amide bonds. The fourth-order valence-electron chi connectivity index (χ4n) is 2.14. The highest BCUT2D eigenvalue weighted by atomic mass is 32.1. The van der Waals surface area contributed by atoms with Crippen molar-refractivity contribution in [3.8, 4) is 0 Å². The summed E-state index contributed by atoms with van der Waals surface area (Å²) in [4.78, 5) is 36.9. The lowest BCUT2D eigenvalue weighted by Crippen LogP contribution is -2.34. The van der Waals surface area contributed by atoms with Gasteiger partial charge in [0.25, 0.3) is 17.3 Å². The van der Waals surface area contributed by atoms with Crippen LogP contribution >= 0.6 is 23.6 Å². The lowest BCUT2D eigenvalue weighted by molar-refractivity contribution is -0.385. The number of anilines is 1. The lowest BCUT2D eigenvalue weighted by atomic mass is 10.2. The van der Waals surface area contributed by atoms with Gasteiger partial charge in [-0.15, -0.1) is 0 Å². The number of aromatic nitrogens is 1. The molecule has 1 aromatic heterocycles. The summed E-state index contributed by atoms with van der Waals surface area (Å²) < 4.78 is 0.583. The number of benzene rings is 2. The number of nitrogens with zero attached hydrogens (tertiary/aromatic N) is 3. The summed E-state index contributed by atoms with van der Waals surface area (Å²) in [6, 6.07) is 9.46. The summed E-state index contributed by atoms with van der Waals surface area (Å²) in [5.74, 6) is -0.618. The summed E-state index contributed by atoms with van der Waals surface area (Å²) >= 11 is 6.18. The molecule has 10 nitrogen and oxygen atoms in total. The van der Waals surface area contributed by atoms with E-state index in [1.807, 2.05) is 0 Å². The number of non-ortho nitro benzene ring substituents is 2. The third-order valence-corrected chi connectivity index (χ3v) is 4.49. The molecule has 2 aromatic carbocycles. The second kappa shape index (κ2) is 7.39. The number of rotatable bonds is 4. The number of thiazole rings is 1. The molecule has 0 saturated carbocycles. The van der Waals surface area contributed by atoms with Gasteiger partial charge in [0.2, 0.25) is 0 Å². The lowest BCUT2D eigenvalue weighted by Gasteiger charge is -2.06. The predicted octanol–water partition coefficient (Wildman–Crippen LogP) is 3.24. The van der Waals surface area contributed by atoms with E-state index in [-0.39, 0.29) is 22.1 Å². The van der Waals surface area contributed by atoms with Crippen molar-refractivity contribution in [3.05, 3.63) is 68.3 Å². The van der Waals surface area contributed by atoms with Gasteiger partial charge in [-0.25, -0.2) is 4.98 Å². The van der Waals surface area contributed by atoms with E-state index in [1.54, 1.807) is 0 Å². The molecule has 0 bridgehead atoms. The van der Waals surface area contributed by atoms with Crippen molar-refractivity contribution in [1.82, 2.24) is 10.3 Å². The SMILES string of the molecule is O=C(NC(=S)Nc1nc2ccc([N+](=O)[O-])cc2s1)c1cccc([N+](=O)[O-])c1. The van der Waals surface area contributed by atoms with Crippen LogP contribution in [0.15, 0.2) is 42.5 Å². The predicted molar refractivity (Wildman–Crippen MR) is 103 cm³/mol. The van der Waals surface area contributed by atoms with Gasteiger partial charge in [0.15, 0.2) is 10.2 Å². The van der Waals surface area contributed by atoms with Crippen LogP contribution in [0.25, 0.3) is 10.2 Å². The van der Waals surface area contributed by atoms with Crippen LogP contribution in [0.3, 0.4) is 0 Å². The molecule has 1 heterocycles. The molecule has 3 rings (SSSR count). The van der Waals surface area contributed by atoms with E-state index in [0.717, 1.165) is 17.4 Å². The number of carbonyl (C=O) groups excluding carboxylic acids is 1. The minimum Gasteiger partial charge on any atom is -0.308 e. The van der Waals surface area contributed by atoms with Crippen LogP contribution in [0, 0.1) is 20.2 Å². The highest BCUT2D eigenvalue weighted by Gasteiger charge is 2.14. The van der Waals surface area contributed by atoms with Crippen molar-refractivity contribution in [1.29, 1.82) is 0 Å². The first-order chi connectivity index (χ1) is 12.8. The number of hydrogen-bond donors (Lipinski definition) is 2. The first kappa shape index (κ1) is 18.3. The Labute approximate surface area is 160 Å². The fourth-order valence-corrected chi connectivity index (χ4v) is 3.30. The van der Waals surface area contributed by atoms with Crippen molar-refractivity contribution in [2.24, 2.45) is 0 Å². The maximum atomic E-state index is 12.2. The Morgan fingerprint density at radius 3 is 2.48 bits per heavy atom. The number of hydrogen-bond acceptors (Lipinski definition) is 8. The van der Waals surface area contributed by atoms with E-state index in [1.165, 1.54) is 36.4 Å². The molecule has 2 N–H and O–H groups in total. The van der Waals surface area contributed by atoms with Gasteiger partial charge in [-0.05, 0) is 24.4 Å². The van der Waals surface area contributed by atoms with E-state index >= 15 is 0 Å². The van der Waals surface area contributed by atoms with Crippen molar-refractivity contribution >= 4 is 61.3 Å². The number of nitro groups is 2. The smallest absolute Gasteiger partial charge is 0.270 e. The molecule has 3 aromatic rings. The average Bonchev–Trinajstić information content (AvgIpc) is 3.02. The van der Waals surface area contributed by atoms with Crippen molar-refractivity contribution in [2.75, 3.05) is 5.32 Å². The molecule has 0 saturated heterocycles. The van der Waals surface area contributed by atoms with Gasteiger partial charge in [-0.3, -0.25) is 30.3 Å². The Hall–Kier alpha value is -3.51. The van der Waals surface area contributed by atoms with E-state index < -0.39 is 15.8 Å². The normalized spacial score (nSPS) is 10.4. The number of nitro benzene ring substituents is 2. The minimum atomic E-state index is -0.618. The Bertz CT molecular complexity index is 1100. The molecule has 0 unspecified atom stereocenters. The van der Waals surface area contributed by atoms with Gasteiger partial charge in [-0.1, -0.05) is 17.4 Å². The topological polar surface area (TPSA) is 140 Å². The molecule has 136 valence electrons. The third-order valence-electron chi connectivity index (χ3n) is 3.35. The van der Waals surface area contributed by atoms with Gasteiger partial charge >= 0.3 is 0 Å². The number of thiocarbonyl (C=S) groups is 1. The van der Waals surface area contributed by atoms with E-state index in [0.29, 0.717) is 15.3 Å². The second-order valence-electron chi connectivity index (χ2n) is 5.14. The number of amides is 1. The van der Waals surface area contributed by atoms with Gasteiger partial charge in [0, 0.05) is 29.8 Å². The second-order valence-corrected chi connectivity index (χ2v) is 6.58. The molecule has 0 aliphatic rings. The van der Waals surface area contributed by atoms with Crippen molar-refractivity contribution < 1.29 is 14.6 Å². The molecule has 0 radical (unpaired) electrons. The van der Waals surface area contributed by atoms with Gasteiger partial charge in [0.1, 0.15) is 0 Å². The van der Waals surface area contributed by atoms with Gasteiger partial charge in [0.05, 0.1) is 20.1 Å². The molecule has 0 spiro atoms. The zero-order chi connectivity index (χ0) is 19.6. The summed E-state index contributed by atoms with van der Waals surface area (Å²) in [6.07, 6.45) is 0. The molecule has 0 aliphatic carbocycles. The maximum Gasteiger partial charge on any atom is 0.270 e. The summed E-state index contributed by atoms with van der Waals surface area (Å²) in [5.41, 5.74) is 0.350. The monoisotopic (exact) mass is 403 g/mol. The molecular formula is C15H9N5O5S2. The van der Waals surface area contributed by atoms with Crippen molar-refractivity contribution in [2.45, 2.75) is 0 Å². The number of fused-ring (bicyclic) bond motifs is 1. The van der Waals surface area contributed by atoms with Gasteiger partial charge < -0.3 is 5.32 Å². The standard InChI is InChI=1S/C15H9N5O5S2/c21-13(8-2-1-3-9(6-8)19(22)23)17-14(26)18-15-16-11-5-4-10(20(24)25)7-12(11)27-15/h1-7H,(H2,16,17,18,21,26). The van der Waals surface area contributed by atoms with Crippen LogP contribution < -0.4 is 10.6 Å². The Kier molecular flexibility index (Phi) is 5.00. The molecule has 0 aliphatic heterocycles. The quantitative estimate of drug-likeness (QED) is 0.384. The summed E-state index contributed by atoms with van der Waals surface area (Å²) in [5, 5.41) is 27.0. The highest BCUT2D eigenvalue weighted by molar-refractivity contribution is 7.80. The first-order valence-corrected chi connectivity index (χ1v) is 8.48. The summed E-state index contributed by atoms with van der Waals surface area (Å²) in [6.45, 7) is 0. The Morgan fingerprint density at radius 2 is 1.78 bits per heavy atom. The molecule has 12 heteroatoms. The molecule has 0 fully saturated rings. The molecular weight excluding hydrogens is 394 g/mol. The molecule has 27 heavy (non-hydrogen) atoms. The Morgan fingerprint density at radius 1 is 1.07 bits per heavy atom. The van der Waals surface area contributed by atoms with Crippen LogP contribution in [-0.4, -0.2) is 25.9 Å². The Balaban J connectivity index is 1.71. The zero-order valence-corrected chi connectivity index (χ0v) is 14.9. The van der Waals surface area contributed by atoms with E-state index in [9.17, 15) is 25.0 Å². The van der Waals surface area contributed by atoms with Crippen LogP contribution in [0.1, 0.15) is 10.4 Å². The van der Waals surface area contributed by atoms with Crippen LogP contribution in [-0.2, 0) is 0 Å².